The van der Waals surface area contributed by atoms with Crippen molar-refractivity contribution in [1.29, 1.82) is 0 Å². The van der Waals surface area contributed by atoms with Crippen LogP contribution in [0.4, 0.5) is 0 Å². The van der Waals surface area contributed by atoms with Crippen LogP contribution in [0.25, 0.3) is 0 Å². The summed E-state index contributed by atoms with van der Waals surface area (Å²) in [6, 6.07) is -0.0483. The maximum atomic E-state index is 12.7. The fourth-order valence-corrected chi connectivity index (χ4v) is 4.28. The Morgan fingerprint density at radius 1 is 1.33 bits per heavy atom. The molecule has 2 saturated heterocycles. The molecule has 0 aromatic carbocycles. The fraction of sp³-hybridized carbons (Fsp3) is 0.867. The maximum Gasteiger partial charge on any atom is 0.246 e. The van der Waals surface area contributed by atoms with Crippen LogP contribution in [0, 0.1) is 5.92 Å². The molecule has 0 spiro atoms. The number of nitrogens with two attached hydrogens (primary N) is 1. The summed E-state index contributed by atoms with van der Waals surface area (Å²) in [6.45, 7) is 5.60. The average Bonchev–Trinajstić information content (AvgIpc) is 2.96. The van der Waals surface area contributed by atoms with Crippen LogP contribution in [-0.2, 0) is 9.59 Å². The highest BCUT2D eigenvalue weighted by Crippen LogP contribution is 2.26. The van der Waals surface area contributed by atoms with Gasteiger partial charge in [0.1, 0.15) is 6.04 Å². The average molecular weight is 313 g/mol. The summed E-state index contributed by atoms with van der Waals surface area (Å²) in [5.74, 6) is 2.16. The molecule has 0 bridgehead atoms. The Labute approximate surface area is 131 Å². The Morgan fingerprint density at radius 2 is 2.00 bits per heavy atom. The van der Waals surface area contributed by atoms with E-state index in [4.69, 9.17) is 5.73 Å². The van der Waals surface area contributed by atoms with E-state index >= 15 is 0 Å². The summed E-state index contributed by atoms with van der Waals surface area (Å²) >= 11 is 1.68. The van der Waals surface area contributed by atoms with E-state index in [-0.39, 0.29) is 23.9 Å². The summed E-state index contributed by atoms with van der Waals surface area (Å²) in [4.78, 5) is 28.5. The number of hydrogen-bond acceptors (Lipinski definition) is 4. The molecule has 5 nitrogen and oxygen atoms in total. The van der Waals surface area contributed by atoms with E-state index in [1.165, 1.54) is 0 Å². The monoisotopic (exact) mass is 313 g/mol. The van der Waals surface area contributed by atoms with Crippen molar-refractivity contribution in [3.8, 4) is 0 Å². The minimum Gasteiger partial charge on any atom is -0.341 e. The molecule has 2 atom stereocenters. The lowest BCUT2D eigenvalue weighted by atomic mass is 9.90. The first-order valence-corrected chi connectivity index (χ1v) is 9.11. The first kappa shape index (κ1) is 16.6. The molecule has 21 heavy (non-hydrogen) atoms. The van der Waals surface area contributed by atoms with Crippen molar-refractivity contribution in [2.24, 2.45) is 11.7 Å². The van der Waals surface area contributed by atoms with E-state index in [1.54, 1.807) is 16.7 Å². The zero-order valence-electron chi connectivity index (χ0n) is 13.1. The quantitative estimate of drug-likeness (QED) is 0.849. The summed E-state index contributed by atoms with van der Waals surface area (Å²) in [5, 5.41) is 0. The van der Waals surface area contributed by atoms with Crippen LogP contribution in [0.3, 0.4) is 0 Å². The molecule has 2 N–H and O–H groups in total. The van der Waals surface area contributed by atoms with Gasteiger partial charge in [0.2, 0.25) is 11.8 Å². The van der Waals surface area contributed by atoms with Crippen molar-refractivity contribution < 1.29 is 9.59 Å². The summed E-state index contributed by atoms with van der Waals surface area (Å²) in [7, 11) is 0. The van der Waals surface area contributed by atoms with E-state index in [2.05, 4.69) is 0 Å². The number of rotatable bonds is 4. The maximum absolute atomic E-state index is 12.7. The molecule has 2 aliphatic heterocycles. The van der Waals surface area contributed by atoms with Gasteiger partial charge in [-0.1, -0.05) is 6.92 Å². The van der Waals surface area contributed by atoms with Crippen LogP contribution in [0.15, 0.2) is 0 Å². The van der Waals surface area contributed by atoms with Crippen molar-refractivity contribution in [1.82, 2.24) is 9.80 Å². The van der Waals surface area contributed by atoms with Crippen molar-refractivity contribution in [3.05, 3.63) is 0 Å². The van der Waals surface area contributed by atoms with Crippen molar-refractivity contribution in [3.63, 3.8) is 0 Å². The fourth-order valence-electron chi connectivity index (χ4n) is 3.11. The third kappa shape index (κ3) is 3.92. The van der Waals surface area contributed by atoms with Gasteiger partial charge in [0.25, 0.3) is 0 Å². The number of carbonyl (C=O) groups is 2. The molecule has 2 fully saturated rings. The Kier molecular flexibility index (Phi) is 5.93. The van der Waals surface area contributed by atoms with Crippen LogP contribution in [0.2, 0.25) is 0 Å². The van der Waals surface area contributed by atoms with Crippen LogP contribution in [0.5, 0.6) is 0 Å². The highest BCUT2D eigenvalue weighted by Gasteiger charge is 2.37. The summed E-state index contributed by atoms with van der Waals surface area (Å²) in [6.07, 6.45) is 3.33. The first-order valence-electron chi connectivity index (χ1n) is 7.96. The molecule has 2 heterocycles. The molecule has 0 aromatic rings. The Morgan fingerprint density at radius 3 is 2.57 bits per heavy atom. The Bertz CT molecular complexity index is 381. The van der Waals surface area contributed by atoms with Crippen molar-refractivity contribution >= 4 is 23.6 Å². The molecular weight excluding hydrogens is 286 g/mol. The van der Waals surface area contributed by atoms with Gasteiger partial charge in [-0.05, 0) is 32.1 Å². The smallest absolute Gasteiger partial charge is 0.246 e. The van der Waals surface area contributed by atoms with Crippen molar-refractivity contribution in [2.45, 2.75) is 51.6 Å². The highest BCUT2D eigenvalue weighted by atomic mass is 32.2. The zero-order valence-corrected chi connectivity index (χ0v) is 13.9. The molecular formula is C15H27N3O2S. The molecule has 6 heteroatoms. The number of nitrogens with zero attached hydrogens (tertiary/aromatic N) is 2. The molecule has 0 aliphatic carbocycles. The molecule has 2 rings (SSSR count). The molecule has 0 aromatic heterocycles. The number of likely N-dealkylation sites (tertiary alicyclic amines) is 1. The number of piperidine rings is 1. The first-order chi connectivity index (χ1) is 10.0. The van der Waals surface area contributed by atoms with Gasteiger partial charge in [0, 0.05) is 31.3 Å². The number of hydrogen-bond donors (Lipinski definition) is 1. The lowest BCUT2D eigenvalue weighted by Gasteiger charge is -2.36. The highest BCUT2D eigenvalue weighted by molar-refractivity contribution is 7.99. The Balaban J connectivity index is 1.92. The largest absolute Gasteiger partial charge is 0.341 e. The predicted octanol–water partition coefficient (Wildman–Crippen LogP) is 1.27. The zero-order chi connectivity index (χ0) is 15.4. The minimum absolute atomic E-state index is 0.117. The molecule has 2 amide bonds. The number of amides is 2. The van der Waals surface area contributed by atoms with Gasteiger partial charge in [-0.2, -0.15) is 0 Å². The second kappa shape index (κ2) is 7.49. The van der Waals surface area contributed by atoms with E-state index < -0.39 is 0 Å². The third-order valence-electron chi connectivity index (χ3n) is 4.55. The van der Waals surface area contributed by atoms with E-state index in [9.17, 15) is 9.59 Å². The van der Waals surface area contributed by atoms with Gasteiger partial charge in [0.05, 0.1) is 5.88 Å². The number of thioether (sulfide) groups is 1. The van der Waals surface area contributed by atoms with Gasteiger partial charge in [0.15, 0.2) is 0 Å². The van der Waals surface area contributed by atoms with Crippen LogP contribution < -0.4 is 5.73 Å². The van der Waals surface area contributed by atoms with Gasteiger partial charge < -0.3 is 15.5 Å². The Hall–Kier alpha value is -0.750. The normalized spacial score (nSPS) is 25.2. The number of carbonyl (C=O) groups excluding carboxylic acids is 2. The van der Waals surface area contributed by atoms with Gasteiger partial charge in [-0.3, -0.25) is 9.59 Å². The topological polar surface area (TPSA) is 66.6 Å². The third-order valence-corrected chi connectivity index (χ3v) is 5.56. The van der Waals surface area contributed by atoms with Gasteiger partial charge >= 0.3 is 0 Å². The van der Waals surface area contributed by atoms with Crippen LogP contribution >= 0.6 is 11.8 Å². The molecule has 0 saturated carbocycles. The van der Waals surface area contributed by atoms with Crippen molar-refractivity contribution in [2.75, 3.05) is 24.7 Å². The second-order valence-electron chi connectivity index (χ2n) is 6.15. The van der Waals surface area contributed by atoms with E-state index in [1.807, 2.05) is 18.7 Å². The van der Waals surface area contributed by atoms with Gasteiger partial charge in [-0.15, -0.1) is 11.8 Å². The molecule has 2 aliphatic rings. The van der Waals surface area contributed by atoms with E-state index in [0.29, 0.717) is 18.2 Å². The minimum atomic E-state index is -0.249. The predicted molar refractivity (Wildman–Crippen MR) is 85.8 cm³/mol. The van der Waals surface area contributed by atoms with E-state index in [0.717, 1.165) is 38.1 Å². The lowest BCUT2D eigenvalue weighted by molar-refractivity contribution is -0.144. The lowest BCUT2D eigenvalue weighted by Crippen LogP contribution is -2.51. The standard InChI is InChI=1S/C15H27N3O2S/c1-3-4-14(19)18-10-21-9-13(18)15(20)17-7-5-12(6-8-17)11(2)16/h11-13H,3-10,16H2,1-2H3. The molecule has 2 unspecified atom stereocenters. The SMILES string of the molecule is CCCC(=O)N1CSCC1C(=O)N1CCC(C(C)N)CC1. The summed E-state index contributed by atoms with van der Waals surface area (Å²) in [5.41, 5.74) is 5.95. The summed E-state index contributed by atoms with van der Waals surface area (Å²) < 4.78 is 0. The van der Waals surface area contributed by atoms with Gasteiger partial charge in [-0.25, -0.2) is 0 Å². The molecule has 0 radical (unpaired) electrons. The second-order valence-corrected chi connectivity index (χ2v) is 7.15. The van der Waals surface area contributed by atoms with Crippen LogP contribution in [-0.4, -0.2) is 58.4 Å². The van der Waals surface area contributed by atoms with Crippen LogP contribution in [0.1, 0.15) is 39.5 Å². The molecule has 120 valence electrons.